The summed E-state index contributed by atoms with van der Waals surface area (Å²) in [6, 6.07) is 10.8. The molecule has 1 aromatic carbocycles. The molecular formula is C10H15Se. The molecule has 61 valence electrons. The van der Waals surface area contributed by atoms with E-state index in [0.29, 0.717) is 0 Å². The van der Waals surface area contributed by atoms with Crippen LogP contribution in [0, 0.1) is 0 Å². The molecule has 0 nitrogen and oxygen atoms in total. The van der Waals surface area contributed by atoms with Crippen LogP contribution < -0.4 is 0 Å². The van der Waals surface area contributed by atoms with Crippen LogP contribution in [0.4, 0.5) is 0 Å². The van der Waals surface area contributed by atoms with Crippen LogP contribution >= 0.6 is 0 Å². The zero-order valence-corrected chi connectivity index (χ0v) is 8.92. The molecule has 0 atom stereocenters. The van der Waals surface area contributed by atoms with E-state index in [0.717, 1.165) is 0 Å². The van der Waals surface area contributed by atoms with Crippen LogP contribution in [0.15, 0.2) is 30.3 Å². The van der Waals surface area contributed by atoms with E-state index in [-0.39, 0.29) is 13.9 Å². The third-order valence-corrected chi connectivity index (χ3v) is 3.78. The molecule has 0 heterocycles. The second-order valence-electron chi connectivity index (χ2n) is 2.93. The fourth-order valence-electron chi connectivity index (χ4n) is 0.967. The number of rotatable bonds is 3. The summed E-state index contributed by atoms with van der Waals surface area (Å²) < 4.78 is 0. The molecule has 1 aromatic rings. The summed E-state index contributed by atoms with van der Waals surface area (Å²) in [6.07, 6.45) is 1.28. The van der Waals surface area contributed by atoms with Gasteiger partial charge in [-0.3, -0.25) is 0 Å². The topological polar surface area (TPSA) is 0 Å². The summed E-state index contributed by atoms with van der Waals surface area (Å²) in [7, 11) is 0. The Morgan fingerprint density at radius 3 is 2.27 bits per heavy atom. The molecular weight excluding hydrogens is 199 g/mol. The van der Waals surface area contributed by atoms with Gasteiger partial charge in [-0.2, -0.15) is 0 Å². The summed E-state index contributed by atoms with van der Waals surface area (Å²) in [5, 5.41) is 1.42. The van der Waals surface area contributed by atoms with E-state index in [1.54, 1.807) is 0 Å². The molecule has 0 amide bonds. The molecule has 0 unspecified atom stereocenters. The average molecular weight is 214 g/mol. The van der Waals surface area contributed by atoms with Crippen molar-refractivity contribution in [3.63, 3.8) is 0 Å². The van der Waals surface area contributed by atoms with Gasteiger partial charge in [0, 0.05) is 0 Å². The van der Waals surface area contributed by atoms with Gasteiger partial charge in [-0.15, -0.1) is 0 Å². The normalized spacial score (nSPS) is 10.5. The van der Waals surface area contributed by atoms with E-state index in [2.05, 4.69) is 42.0 Å². The Bertz CT molecular complexity index is 191. The first-order valence-electron chi connectivity index (χ1n) is 3.87. The van der Waals surface area contributed by atoms with Gasteiger partial charge in [0.15, 0.2) is 0 Å². The zero-order chi connectivity index (χ0) is 8.10. The second-order valence-corrected chi connectivity index (χ2v) is 7.92. The van der Waals surface area contributed by atoms with Crippen LogP contribution in [0.3, 0.4) is 0 Å². The number of benzene rings is 1. The van der Waals surface area contributed by atoms with Crippen molar-refractivity contribution >= 4 is 13.9 Å². The molecule has 1 heteroatoms. The van der Waals surface area contributed by atoms with Crippen molar-refractivity contribution in [1.29, 1.82) is 0 Å². The van der Waals surface area contributed by atoms with Crippen LogP contribution in [0.2, 0.25) is 17.0 Å². The van der Waals surface area contributed by atoms with Gasteiger partial charge in [0.2, 0.25) is 0 Å². The van der Waals surface area contributed by atoms with Crippen LogP contribution in [0.5, 0.6) is 0 Å². The maximum absolute atomic E-state index is 2.39. The number of aryl methyl sites for hydroxylation is 1. The molecule has 0 fully saturated rings. The standard InChI is InChI=1S/C10H15Se/c1-11(2)9-8-10-6-4-3-5-7-10/h3-7H,8-9H2,1-2H3. The Morgan fingerprint density at radius 1 is 1.09 bits per heavy atom. The summed E-state index contributed by atoms with van der Waals surface area (Å²) in [5.74, 6) is 4.78. The molecule has 0 bridgehead atoms. The first-order valence-corrected chi connectivity index (χ1v) is 8.51. The quantitative estimate of drug-likeness (QED) is 0.678. The summed E-state index contributed by atoms with van der Waals surface area (Å²) >= 11 is -0.225. The zero-order valence-electron chi connectivity index (χ0n) is 7.21. The molecule has 1 radical (unpaired) electrons. The van der Waals surface area contributed by atoms with Gasteiger partial charge in [0.1, 0.15) is 0 Å². The Balaban J connectivity index is 2.39. The van der Waals surface area contributed by atoms with Crippen molar-refractivity contribution in [3.8, 4) is 0 Å². The van der Waals surface area contributed by atoms with Crippen LogP contribution in [-0.4, -0.2) is 13.9 Å². The number of hydrogen-bond donors (Lipinski definition) is 0. The van der Waals surface area contributed by atoms with Gasteiger partial charge in [0.25, 0.3) is 0 Å². The van der Waals surface area contributed by atoms with Crippen LogP contribution in [0.25, 0.3) is 0 Å². The Morgan fingerprint density at radius 2 is 1.73 bits per heavy atom. The van der Waals surface area contributed by atoms with Crippen molar-refractivity contribution in [2.75, 3.05) is 0 Å². The fourth-order valence-corrected chi connectivity index (χ4v) is 2.32. The molecule has 0 aromatic heterocycles. The third kappa shape index (κ3) is 3.59. The van der Waals surface area contributed by atoms with Crippen molar-refractivity contribution < 1.29 is 0 Å². The van der Waals surface area contributed by atoms with Gasteiger partial charge < -0.3 is 0 Å². The number of hydrogen-bond acceptors (Lipinski definition) is 0. The van der Waals surface area contributed by atoms with E-state index >= 15 is 0 Å². The second kappa shape index (κ2) is 4.58. The van der Waals surface area contributed by atoms with E-state index in [1.165, 1.54) is 17.3 Å². The summed E-state index contributed by atoms with van der Waals surface area (Å²) in [6.45, 7) is 0. The maximum atomic E-state index is 2.39. The van der Waals surface area contributed by atoms with E-state index in [1.807, 2.05) is 0 Å². The minimum absolute atomic E-state index is 0.225. The third-order valence-electron chi connectivity index (χ3n) is 1.64. The van der Waals surface area contributed by atoms with Gasteiger partial charge >= 0.3 is 73.2 Å². The molecule has 0 N–H and O–H groups in total. The molecule has 0 saturated carbocycles. The van der Waals surface area contributed by atoms with Crippen LogP contribution in [0.1, 0.15) is 5.56 Å². The molecule has 0 saturated heterocycles. The molecule has 1 rings (SSSR count). The molecule has 0 aliphatic heterocycles. The monoisotopic (exact) mass is 215 g/mol. The van der Waals surface area contributed by atoms with Gasteiger partial charge in [0.05, 0.1) is 0 Å². The molecule has 0 aliphatic carbocycles. The molecule has 0 aliphatic rings. The van der Waals surface area contributed by atoms with Crippen molar-refractivity contribution in [3.05, 3.63) is 35.9 Å². The Kier molecular flexibility index (Phi) is 3.68. The fraction of sp³-hybridized carbons (Fsp3) is 0.400. The molecule has 11 heavy (non-hydrogen) atoms. The van der Waals surface area contributed by atoms with E-state index in [4.69, 9.17) is 0 Å². The average Bonchev–Trinajstić information content (AvgIpc) is 2.03. The molecule has 0 spiro atoms. The summed E-state index contributed by atoms with van der Waals surface area (Å²) in [5.41, 5.74) is 1.49. The van der Waals surface area contributed by atoms with E-state index in [9.17, 15) is 0 Å². The predicted octanol–water partition coefficient (Wildman–Crippen LogP) is 2.98. The Hall–Kier alpha value is -0.261. The minimum atomic E-state index is -0.225. The van der Waals surface area contributed by atoms with Crippen molar-refractivity contribution in [2.24, 2.45) is 0 Å². The van der Waals surface area contributed by atoms with Gasteiger partial charge in [-0.25, -0.2) is 0 Å². The van der Waals surface area contributed by atoms with Crippen molar-refractivity contribution in [2.45, 2.75) is 23.4 Å². The Labute approximate surface area is 73.5 Å². The van der Waals surface area contributed by atoms with Gasteiger partial charge in [-0.1, -0.05) is 0 Å². The van der Waals surface area contributed by atoms with Gasteiger partial charge in [-0.05, 0) is 0 Å². The van der Waals surface area contributed by atoms with Crippen LogP contribution in [-0.2, 0) is 6.42 Å². The van der Waals surface area contributed by atoms with E-state index < -0.39 is 0 Å². The SMILES string of the molecule is C[Se](C)CCc1ccccc1. The summed E-state index contributed by atoms with van der Waals surface area (Å²) in [4.78, 5) is 0. The first kappa shape index (κ1) is 8.83. The first-order chi connectivity index (χ1) is 5.29. The van der Waals surface area contributed by atoms with Crippen molar-refractivity contribution in [1.82, 2.24) is 0 Å². The predicted molar refractivity (Wildman–Crippen MR) is 52.4 cm³/mol.